The predicted octanol–water partition coefficient (Wildman–Crippen LogP) is 4.86. The molecule has 0 spiro atoms. The molecule has 0 aliphatic heterocycles. The van der Waals surface area contributed by atoms with Crippen molar-refractivity contribution in [3.63, 3.8) is 0 Å². The van der Waals surface area contributed by atoms with Gasteiger partial charge in [-0.1, -0.05) is 23.7 Å². The van der Waals surface area contributed by atoms with Crippen molar-refractivity contribution in [1.29, 1.82) is 0 Å². The van der Waals surface area contributed by atoms with E-state index in [4.69, 9.17) is 16.3 Å². The lowest BCUT2D eigenvalue weighted by Crippen LogP contribution is -2.15. The molecule has 8 nitrogen and oxygen atoms in total. The monoisotopic (exact) mass is 488 g/mol. The number of nitrogens with one attached hydrogen (secondary N) is 2. The molecule has 174 valence electrons. The number of aldehydes is 1. The third-order valence-electron chi connectivity index (χ3n) is 5.02. The number of hydrogen-bond donors (Lipinski definition) is 2. The van der Waals surface area contributed by atoms with Gasteiger partial charge >= 0.3 is 0 Å². The number of methoxy groups -OCH3 is 1. The van der Waals surface area contributed by atoms with E-state index in [9.17, 15) is 13.2 Å². The van der Waals surface area contributed by atoms with E-state index in [-0.39, 0.29) is 28.1 Å². The van der Waals surface area contributed by atoms with Crippen molar-refractivity contribution in [2.45, 2.75) is 37.3 Å². The highest BCUT2D eigenvalue weighted by molar-refractivity contribution is 7.92. The van der Waals surface area contributed by atoms with Crippen LogP contribution < -0.4 is 15.4 Å². The molecule has 0 aliphatic rings. The Bertz CT molecular complexity index is 1280. The number of anilines is 4. The zero-order chi connectivity index (χ0) is 24.2. The van der Waals surface area contributed by atoms with Crippen LogP contribution in [0, 0.1) is 6.92 Å². The first-order chi connectivity index (χ1) is 15.7. The maximum atomic E-state index is 12.8. The average molecular weight is 489 g/mol. The van der Waals surface area contributed by atoms with Gasteiger partial charge in [0.1, 0.15) is 17.1 Å². The van der Waals surface area contributed by atoms with Gasteiger partial charge in [0.2, 0.25) is 5.95 Å². The fraction of sp³-hybridized carbons (Fsp3) is 0.261. The van der Waals surface area contributed by atoms with Gasteiger partial charge in [-0.15, -0.1) is 0 Å². The first-order valence-corrected chi connectivity index (χ1v) is 12.1. The molecule has 3 aromatic rings. The van der Waals surface area contributed by atoms with Crippen LogP contribution in [0.15, 0.2) is 47.5 Å². The van der Waals surface area contributed by atoms with Crippen LogP contribution in [0.5, 0.6) is 5.75 Å². The molecule has 33 heavy (non-hydrogen) atoms. The maximum absolute atomic E-state index is 12.8. The second kappa shape index (κ2) is 10.2. The van der Waals surface area contributed by atoms with Crippen LogP contribution in [0.3, 0.4) is 0 Å². The summed E-state index contributed by atoms with van der Waals surface area (Å²) in [4.78, 5) is 19.7. The average Bonchev–Trinajstić information content (AvgIpc) is 2.78. The number of benzene rings is 2. The van der Waals surface area contributed by atoms with Crippen LogP contribution in [0.1, 0.15) is 25.0 Å². The Morgan fingerprint density at radius 2 is 1.88 bits per heavy atom. The second-order valence-corrected chi connectivity index (χ2v) is 10.5. The second-order valence-electron chi connectivity index (χ2n) is 7.58. The van der Waals surface area contributed by atoms with E-state index in [2.05, 4.69) is 20.6 Å². The molecule has 0 unspecified atom stereocenters. The Kier molecular flexibility index (Phi) is 7.55. The van der Waals surface area contributed by atoms with Gasteiger partial charge in [0, 0.05) is 6.42 Å². The van der Waals surface area contributed by atoms with Crippen LogP contribution >= 0.6 is 11.6 Å². The number of carbonyl (C=O) groups is 1. The summed E-state index contributed by atoms with van der Waals surface area (Å²) in [6.45, 7) is 5.15. The molecular formula is C23H25ClN4O4S. The number of nitrogens with zero attached hydrogens (tertiary/aromatic N) is 2. The van der Waals surface area contributed by atoms with Gasteiger partial charge in [0.15, 0.2) is 15.7 Å². The summed E-state index contributed by atoms with van der Waals surface area (Å²) in [6, 6.07) is 10.2. The summed E-state index contributed by atoms with van der Waals surface area (Å²) < 4.78 is 31.0. The van der Waals surface area contributed by atoms with E-state index in [0.29, 0.717) is 17.1 Å². The highest BCUT2D eigenvalue weighted by atomic mass is 35.5. The van der Waals surface area contributed by atoms with Crippen LogP contribution in [0.2, 0.25) is 5.02 Å². The fourth-order valence-electron chi connectivity index (χ4n) is 3.14. The molecule has 1 aromatic heterocycles. The standard InChI is InChI=1S/C23H25ClN4O4S/c1-14(2)33(30,31)21-8-6-5-7-18(21)26-22-17(24)13-25-23(28-22)27-19-11-15(3)16(9-10-29)12-20(19)32-4/h5-8,10-14H,9H2,1-4H3,(H2,25,26,27,28). The molecule has 0 saturated carbocycles. The minimum atomic E-state index is -3.53. The number of rotatable bonds is 9. The molecular weight excluding hydrogens is 464 g/mol. The zero-order valence-corrected chi connectivity index (χ0v) is 20.3. The summed E-state index contributed by atoms with van der Waals surface area (Å²) in [5.41, 5.74) is 2.74. The van der Waals surface area contributed by atoms with E-state index in [0.717, 1.165) is 17.4 Å². The highest BCUT2D eigenvalue weighted by Crippen LogP contribution is 2.33. The van der Waals surface area contributed by atoms with E-state index in [1.54, 1.807) is 44.2 Å². The molecule has 0 amide bonds. The van der Waals surface area contributed by atoms with Crippen molar-refractivity contribution in [3.8, 4) is 5.75 Å². The fourth-order valence-corrected chi connectivity index (χ4v) is 4.48. The normalized spacial score (nSPS) is 11.3. The lowest BCUT2D eigenvalue weighted by Gasteiger charge is -2.16. The number of sulfone groups is 1. The van der Waals surface area contributed by atoms with E-state index < -0.39 is 15.1 Å². The molecule has 2 N–H and O–H groups in total. The molecule has 1 heterocycles. The van der Waals surface area contributed by atoms with Crippen molar-refractivity contribution in [2.24, 2.45) is 0 Å². The molecule has 0 bridgehead atoms. The predicted molar refractivity (Wildman–Crippen MR) is 130 cm³/mol. The molecule has 0 aliphatic carbocycles. The van der Waals surface area contributed by atoms with Crippen LogP contribution in [0.25, 0.3) is 0 Å². The van der Waals surface area contributed by atoms with Crippen molar-refractivity contribution in [3.05, 3.63) is 58.7 Å². The van der Waals surface area contributed by atoms with Gasteiger partial charge < -0.3 is 20.2 Å². The van der Waals surface area contributed by atoms with Crippen molar-refractivity contribution in [1.82, 2.24) is 9.97 Å². The first-order valence-electron chi connectivity index (χ1n) is 10.2. The number of hydrogen-bond acceptors (Lipinski definition) is 8. The first kappa shape index (κ1) is 24.5. The van der Waals surface area contributed by atoms with E-state index in [1.807, 2.05) is 13.0 Å². The largest absolute Gasteiger partial charge is 0.495 e. The topological polar surface area (TPSA) is 110 Å². The van der Waals surface area contributed by atoms with Gasteiger partial charge in [0.25, 0.3) is 0 Å². The number of halogens is 1. The van der Waals surface area contributed by atoms with Crippen LogP contribution in [-0.2, 0) is 21.1 Å². The molecule has 3 rings (SSSR count). The molecule has 0 atom stereocenters. The molecule has 0 radical (unpaired) electrons. The Morgan fingerprint density at radius 3 is 2.55 bits per heavy atom. The Balaban J connectivity index is 1.96. The van der Waals surface area contributed by atoms with Gasteiger partial charge in [-0.3, -0.25) is 0 Å². The summed E-state index contributed by atoms with van der Waals surface area (Å²) in [5.74, 6) is 1.000. The van der Waals surface area contributed by atoms with E-state index >= 15 is 0 Å². The van der Waals surface area contributed by atoms with Crippen LogP contribution in [-0.4, -0.2) is 37.0 Å². The smallest absolute Gasteiger partial charge is 0.229 e. The summed E-state index contributed by atoms with van der Waals surface area (Å²) >= 11 is 6.30. The molecule has 10 heteroatoms. The minimum absolute atomic E-state index is 0.159. The summed E-state index contributed by atoms with van der Waals surface area (Å²) in [6.07, 6.45) is 2.54. The lowest BCUT2D eigenvalue weighted by atomic mass is 10.0. The number of aryl methyl sites for hydroxylation is 1. The van der Waals surface area contributed by atoms with E-state index in [1.165, 1.54) is 13.3 Å². The third-order valence-corrected chi connectivity index (χ3v) is 7.51. The van der Waals surface area contributed by atoms with Gasteiger partial charge in [-0.25, -0.2) is 13.4 Å². The highest BCUT2D eigenvalue weighted by Gasteiger charge is 2.23. The SMILES string of the molecule is COc1cc(CC=O)c(C)cc1Nc1ncc(Cl)c(Nc2ccccc2S(=O)(=O)C(C)C)n1. The Morgan fingerprint density at radius 1 is 1.15 bits per heavy atom. The zero-order valence-electron chi connectivity index (χ0n) is 18.7. The number of ether oxygens (including phenoxy) is 1. The third kappa shape index (κ3) is 5.43. The number of aromatic nitrogens is 2. The lowest BCUT2D eigenvalue weighted by molar-refractivity contribution is -0.107. The number of carbonyl (C=O) groups excluding carboxylic acids is 1. The Hall–Kier alpha value is -3.17. The minimum Gasteiger partial charge on any atom is -0.495 e. The van der Waals surface area contributed by atoms with Crippen LogP contribution in [0.4, 0.5) is 23.1 Å². The summed E-state index contributed by atoms with van der Waals surface area (Å²) in [5, 5.41) is 5.76. The van der Waals surface area contributed by atoms with Crippen molar-refractivity contribution < 1.29 is 17.9 Å². The molecule has 0 saturated heterocycles. The van der Waals surface area contributed by atoms with Gasteiger partial charge in [0.05, 0.1) is 34.8 Å². The van der Waals surface area contributed by atoms with Crippen molar-refractivity contribution >= 4 is 50.9 Å². The number of para-hydroxylation sites is 1. The summed E-state index contributed by atoms with van der Waals surface area (Å²) in [7, 11) is -2.00. The van der Waals surface area contributed by atoms with Gasteiger partial charge in [-0.05, 0) is 56.2 Å². The van der Waals surface area contributed by atoms with Gasteiger partial charge in [-0.2, -0.15) is 4.98 Å². The molecule has 0 fully saturated rings. The quantitative estimate of drug-likeness (QED) is 0.411. The maximum Gasteiger partial charge on any atom is 0.229 e. The Labute approximate surface area is 198 Å². The van der Waals surface area contributed by atoms with Crippen molar-refractivity contribution in [2.75, 3.05) is 17.7 Å². The molecule has 2 aromatic carbocycles.